The Morgan fingerprint density at radius 2 is 2.07 bits per heavy atom. The van der Waals surface area contributed by atoms with Gasteiger partial charge in [0.1, 0.15) is 5.75 Å². The van der Waals surface area contributed by atoms with Gasteiger partial charge in [-0.25, -0.2) is 0 Å². The summed E-state index contributed by atoms with van der Waals surface area (Å²) in [5.41, 5.74) is 1.80. The van der Waals surface area contributed by atoms with E-state index in [1.807, 2.05) is 6.19 Å². The topological polar surface area (TPSA) is 62.7 Å². The first-order valence-corrected chi connectivity index (χ1v) is 10.0. The average Bonchev–Trinajstić information content (AvgIpc) is 3.03. The highest BCUT2D eigenvalue weighted by Crippen LogP contribution is 2.26. The first kappa shape index (κ1) is 21.9. The van der Waals surface area contributed by atoms with Crippen molar-refractivity contribution in [3.8, 4) is 11.9 Å². The second-order valence-corrected chi connectivity index (χ2v) is 9.00. The molecule has 0 spiro atoms. The van der Waals surface area contributed by atoms with Crippen LogP contribution in [0, 0.1) is 11.5 Å². The molecule has 0 atom stereocenters. The second-order valence-electron chi connectivity index (χ2n) is 7.55. The van der Waals surface area contributed by atoms with Gasteiger partial charge in [-0.3, -0.25) is 0 Å². The summed E-state index contributed by atoms with van der Waals surface area (Å²) in [4.78, 5) is 10.6. The van der Waals surface area contributed by atoms with Crippen LogP contribution in [0.5, 0.6) is 5.75 Å². The Kier molecular flexibility index (Phi) is 7.22. The number of aliphatic imine (C=N–C) groups is 1. The van der Waals surface area contributed by atoms with Crippen LogP contribution in [0.15, 0.2) is 46.0 Å². The van der Waals surface area contributed by atoms with Gasteiger partial charge in [0.05, 0.1) is 12.7 Å². The monoisotopic (exact) mass is 416 g/mol. The van der Waals surface area contributed by atoms with Crippen LogP contribution in [0.2, 0.25) is 5.02 Å². The molecule has 0 aliphatic rings. The summed E-state index contributed by atoms with van der Waals surface area (Å²) in [6.45, 7) is 11.3. The van der Waals surface area contributed by atoms with Crippen molar-refractivity contribution in [2.45, 2.75) is 46.6 Å². The predicted molar refractivity (Wildman–Crippen MR) is 116 cm³/mol. The SMILES string of the molecule is COc1ccc(Cl)cc1C(/N=c1\sc(C(C)(C)C)cn1CC=C(C)C)=N\C#N. The Bertz CT molecular complexity index is 1010. The third kappa shape index (κ3) is 5.57. The zero-order valence-corrected chi connectivity index (χ0v) is 18.6. The molecule has 0 bridgehead atoms. The number of methoxy groups -OCH3 is 1. The maximum absolute atomic E-state index is 9.20. The quantitative estimate of drug-likeness (QED) is 0.293. The number of rotatable bonds is 4. The van der Waals surface area contributed by atoms with Crippen LogP contribution in [-0.4, -0.2) is 17.5 Å². The average molecular weight is 417 g/mol. The number of halogens is 1. The highest BCUT2D eigenvalue weighted by Gasteiger charge is 2.18. The molecule has 5 nitrogen and oxygen atoms in total. The lowest BCUT2D eigenvalue weighted by Crippen LogP contribution is -2.16. The summed E-state index contributed by atoms with van der Waals surface area (Å²) < 4.78 is 7.48. The fraction of sp³-hybridized carbons (Fsp3) is 0.381. The van der Waals surface area contributed by atoms with E-state index in [1.165, 1.54) is 10.5 Å². The van der Waals surface area contributed by atoms with Gasteiger partial charge in [-0.05, 0) is 37.5 Å². The molecule has 1 heterocycles. The number of benzene rings is 1. The number of amidine groups is 1. The number of nitriles is 1. The predicted octanol–water partition coefficient (Wildman–Crippen LogP) is 5.30. The second kappa shape index (κ2) is 9.22. The van der Waals surface area contributed by atoms with Crippen LogP contribution in [-0.2, 0) is 12.0 Å². The Balaban J connectivity index is 2.70. The largest absolute Gasteiger partial charge is 0.496 e. The molecule has 2 aromatic rings. The van der Waals surface area contributed by atoms with Crippen LogP contribution in [0.1, 0.15) is 45.1 Å². The van der Waals surface area contributed by atoms with Crippen molar-refractivity contribution in [3.05, 3.63) is 56.3 Å². The third-order valence-electron chi connectivity index (χ3n) is 3.92. The molecule has 148 valence electrons. The summed E-state index contributed by atoms with van der Waals surface area (Å²) in [6, 6.07) is 5.18. The third-order valence-corrected chi connectivity index (χ3v) is 5.60. The van der Waals surface area contributed by atoms with Crippen LogP contribution in [0.3, 0.4) is 0 Å². The van der Waals surface area contributed by atoms with Crippen molar-refractivity contribution in [1.29, 1.82) is 5.26 Å². The van der Waals surface area contributed by atoms with E-state index in [-0.39, 0.29) is 11.3 Å². The van der Waals surface area contributed by atoms with Crippen LogP contribution in [0.25, 0.3) is 0 Å². The molecule has 1 aromatic carbocycles. The first-order valence-electron chi connectivity index (χ1n) is 8.85. The zero-order valence-electron chi connectivity index (χ0n) is 17.1. The minimum atomic E-state index is -0.00849. The van der Waals surface area contributed by atoms with Gasteiger partial charge in [-0.15, -0.1) is 11.3 Å². The summed E-state index contributed by atoms with van der Waals surface area (Å²) in [6.07, 6.45) is 6.09. The Hall–Kier alpha value is -2.36. The van der Waals surface area contributed by atoms with Crippen LogP contribution < -0.4 is 9.54 Å². The lowest BCUT2D eigenvalue weighted by atomic mass is 9.95. The maximum atomic E-state index is 9.20. The van der Waals surface area contributed by atoms with Gasteiger partial charge >= 0.3 is 0 Å². The molecule has 0 aliphatic heterocycles. The number of hydrogen-bond donors (Lipinski definition) is 0. The molecule has 0 saturated heterocycles. The molecule has 0 saturated carbocycles. The van der Waals surface area contributed by atoms with E-state index in [9.17, 15) is 5.26 Å². The molecular weight excluding hydrogens is 392 g/mol. The van der Waals surface area contributed by atoms with Gasteiger partial charge in [0, 0.05) is 22.6 Å². The number of aromatic nitrogens is 1. The molecule has 0 aliphatic carbocycles. The maximum Gasteiger partial charge on any atom is 0.207 e. The molecule has 1 aromatic heterocycles. The molecule has 0 radical (unpaired) electrons. The normalized spacial score (nSPS) is 12.6. The zero-order chi connectivity index (χ0) is 20.9. The van der Waals surface area contributed by atoms with Crippen molar-refractivity contribution in [2.75, 3.05) is 7.11 Å². The molecule has 0 N–H and O–H groups in total. The lowest BCUT2D eigenvalue weighted by Gasteiger charge is -2.14. The van der Waals surface area contributed by atoms with Crippen molar-refractivity contribution >= 4 is 28.8 Å². The van der Waals surface area contributed by atoms with Crippen molar-refractivity contribution in [1.82, 2.24) is 4.57 Å². The van der Waals surface area contributed by atoms with Gasteiger partial charge in [0.15, 0.2) is 10.6 Å². The van der Waals surface area contributed by atoms with E-state index < -0.39 is 0 Å². The van der Waals surface area contributed by atoms with E-state index in [0.717, 1.165) is 4.80 Å². The molecule has 0 fully saturated rings. The van der Waals surface area contributed by atoms with Gasteiger partial charge in [0.25, 0.3) is 0 Å². The number of nitrogens with zero attached hydrogens (tertiary/aromatic N) is 4. The highest BCUT2D eigenvalue weighted by molar-refractivity contribution is 7.09. The van der Waals surface area contributed by atoms with Crippen LogP contribution >= 0.6 is 22.9 Å². The fourth-order valence-electron chi connectivity index (χ4n) is 2.36. The van der Waals surface area contributed by atoms with Crippen LogP contribution in [0.4, 0.5) is 0 Å². The summed E-state index contributed by atoms with van der Waals surface area (Å²) >= 11 is 7.74. The highest BCUT2D eigenvalue weighted by atomic mass is 35.5. The smallest absolute Gasteiger partial charge is 0.207 e. The molecule has 0 unspecified atom stereocenters. The minimum Gasteiger partial charge on any atom is -0.496 e. The summed E-state index contributed by atoms with van der Waals surface area (Å²) in [7, 11) is 1.56. The number of allylic oxidation sites excluding steroid dienone is 2. The Morgan fingerprint density at radius 3 is 2.64 bits per heavy atom. The van der Waals surface area contributed by atoms with E-state index >= 15 is 0 Å². The van der Waals surface area contributed by atoms with Gasteiger partial charge in [-0.1, -0.05) is 44.0 Å². The van der Waals surface area contributed by atoms with E-state index in [4.69, 9.17) is 21.3 Å². The van der Waals surface area contributed by atoms with Crippen molar-refractivity contribution in [3.63, 3.8) is 0 Å². The molecule has 0 amide bonds. The van der Waals surface area contributed by atoms with Crippen molar-refractivity contribution < 1.29 is 4.74 Å². The van der Waals surface area contributed by atoms with E-state index in [0.29, 0.717) is 22.9 Å². The molecular formula is C21H25ClN4OS. The van der Waals surface area contributed by atoms with Gasteiger partial charge < -0.3 is 9.30 Å². The summed E-state index contributed by atoms with van der Waals surface area (Å²) in [5, 5.41) is 9.73. The Morgan fingerprint density at radius 1 is 1.36 bits per heavy atom. The Labute approximate surface area is 175 Å². The number of hydrogen-bond acceptors (Lipinski definition) is 4. The van der Waals surface area contributed by atoms with Crippen molar-refractivity contribution in [2.24, 2.45) is 9.98 Å². The molecule has 28 heavy (non-hydrogen) atoms. The number of ether oxygens (including phenoxy) is 1. The molecule has 2 rings (SSSR count). The van der Waals surface area contributed by atoms with E-state index in [2.05, 4.69) is 56.5 Å². The first-order chi connectivity index (χ1) is 13.2. The minimum absolute atomic E-state index is 0.00849. The molecule has 7 heteroatoms. The lowest BCUT2D eigenvalue weighted by molar-refractivity contribution is 0.414. The van der Waals surface area contributed by atoms with Gasteiger partial charge in [-0.2, -0.15) is 15.2 Å². The summed E-state index contributed by atoms with van der Waals surface area (Å²) in [5.74, 6) is 0.834. The standard InChI is InChI=1S/C21H25ClN4OS/c1-14(2)9-10-26-12-18(21(3,4)5)28-20(26)25-19(24-13-23)16-11-15(22)7-8-17(16)27-6/h7-9,11-12H,10H2,1-6H3/b24-19+,25-20-. The fourth-order valence-corrected chi connectivity index (χ4v) is 3.60. The van der Waals surface area contributed by atoms with E-state index in [1.54, 1.807) is 36.6 Å². The van der Waals surface area contributed by atoms with Gasteiger partial charge in [0.2, 0.25) is 6.19 Å². The number of thiazole rings is 1.